The molecule has 0 aromatic heterocycles. The first-order chi connectivity index (χ1) is 7.84. The highest BCUT2D eigenvalue weighted by atomic mass is 19.1. The molecule has 1 rings (SSSR count). The highest BCUT2D eigenvalue weighted by Gasteiger charge is 2.24. The molecule has 0 radical (unpaired) electrons. The van der Waals surface area contributed by atoms with Crippen LogP contribution < -0.4 is 4.90 Å². The van der Waals surface area contributed by atoms with Crippen LogP contribution in [0.3, 0.4) is 0 Å². The van der Waals surface area contributed by atoms with Gasteiger partial charge in [-0.3, -0.25) is 10.1 Å². The average Bonchev–Trinajstić information content (AvgIpc) is 2.26. The number of hydrogen-bond donors (Lipinski definition) is 1. The fourth-order valence-electron chi connectivity index (χ4n) is 1.31. The Hall–Kier alpha value is -2.18. The zero-order valence-electron chi connectivity index (χ0n) is 9.25. The van der Waals surface area contributed by atoms with Gasteiger partial charge in [-0.15, -0.1) is 0 Å². The van der Waals surface area contributed by atoms with E-state index in [-0.39, 0.29) is 11.4 Å². The van der Waals surface area contributed by atoms with Gasteiger partial charge in [0, 0.05) is 19.2 Å². The number of hydrogen-bond acceptors (Lipinski definition) is 4. The number of carboxylic acids is 1. The van der Waals surface area contributed by atoms with Gasteiger partial charge < -0.3 is 10.0 Å². The maximum Gasteiger partial charge on any atom is 0.326 e. The monoisotopic (exact) mass is 242 g/mol. The predicted molar refractivity (Wildman–Crippen MR) is 58.6 cm³/mol. The third-order valence-electron chi connectivity index (χ3n) is 2.45. The van der Waals surface area contributed by atoms with Crippen molar-refractivity contribution in [2.24, 2.45) is 0 Å². The van der Waals surface area contributed by atoms with E-state index >= 15 is 0 Å². The third kappa shape index (κ3) is 2.68. The van der Waals surface area contributed by atoms with Crippen molar-refractivity contribution in [2.75, 3.05) is 11.9 Å². The largest absolute Gasteiger partial charge is 0.480 e. The fourth-order valence-corrected chi connectivity index (χ4v) is 1.31. The number of nitro benzene ring substituents is 1. The van der Waals surface area contributed by atoms with E-state index < -0.39 is 22.8 Å². The van der Waals surface area contributed by atoms with Crippen LogP contribution in [0.2, 0.25) is 0 Å². The second kappa shape index (κ2) is 4.77. The Morgan fingerprint density at radius 1 is 1.59 bits per heavy atom. The lowest BCUT2D eigenvalue weighted by molar-refractivity contribution is -0.384. The molecule has 1 unspecified atom stereocenters. The third-order valence-corrected chi connectivity index (χ3v) is 2.45. The van der Waals surface area contributed by atoms with Gasteiger partial charge in [0.05, 0.1) is 4.92 Å². The van der Waals surface area contributed by atoms with Gasteiger partial charge in [-0.2, -0.15) is 0 Å². The number of halogens is 1. The summed E-state index contributed by atoms with van der Waals surface area (Å²) in [6.07, 6.45) is 0. The molecule has 0 saturated heterocycles. The molecule has 1 N–H and O–H groups in total. The summed E-state index contributed by atoms with van der Waals surface area (Å²) in [6, 6.07) is 1.92. The normalized spacial score (nSPS) is 11.9. The SMILES string of the molecule is CC(C(=O)O)N(C)c1cc(F)ccc1[N+](=O)[O-]. The second-order valence-electron chi connectivity index (χ2n) is 3.52. The molecule has 1 atom stereocenters. The molecule has 0 heterocycles. The van der Waals surface area contributed by atoms with Crippen LogP contribution in [0, 0.1) is 15.9 Å². The van der Waals surface area contributed by atoms with E-state index in [1.54, 1.807) is 0 Å². The Labute approximate surface area is 96.4 Å². The number of carboxylic acid groups (broad SMARTS) is 1. The molecule has 6 nitrogen and oxygen atoms in total. The average molecular weight is 242 g/mol. The van der Waals surface area contributed by atoms with Crippen molar-refractivity contribution >= 4 is 17.3 Å². The topological polar surface area (TPSA) is 83.7 Å². The Bertz CT molecular complexity index is 464. The van der Waals surface area contributed by atoms with Gasteiger partial charge in [-0.1, -0.05) is 0 Å². The van der Waals surface area contributed by atoms with E-state index in [0.717, 1.165) is 23.1 Å². The molecule has 0 aliphatic heterocycles. The van der Waals surface area contributed by atoms with Crippen LogP contribution in [0.4, 0.5) is 15.8 Å². The van der Waals surface area contributed by atoms with Crippen molar-refractivity contribution in [1.82, 2.24) is 0 Å². The molecule has 1 aromatic rings. The Morgan fingerprint density at radius 2 is 2.18 bits per heavy atom. The molecule has 1 aromatic carbocycles. The van der Waals surface area contributed by atoms with Crippen LogP contribution in [-0.4, -0.2) is 29.1 Å². The van der Waals surface area contributed by atoms with Crippen molar-refractivity contribution in [3.05, 3.63) is 34.1 Å². The van der Waals surface area contributed by atoms with Crippen molar-refractivity contribution < 1.29 is 19.2 Å². The van der Waals surface area contributed by atoms with Crippen LogP contribution >= 0.6 is 0 Å². The molecule has 0 amide bonds. The standard InChI is InChI=1S/C10H11FN2O4/c1-6(10(14)15)12(2)9-5-7(11)3-4-8(9)13(16)17/h3-6H,1-2H3,(H,14,15). The van der Waals surface area contributed by atoms with E-state index in [2.05, 4.69) is 0 Å². The summed E-state index contributed by atoms with van der Waals surface area (Å²) >= 11 is 0. The minimum atomic E-state index is -1.15. The number of carbonyl (C=O) groups is 1. The first kappa shape index (κ1) is 12.9. The molecule has 0 saturated carbocycles. The summed E-state index contributed by atoms with van der Waals surface area (Å²) in [4.78, 5) is 22.0. The lowest BCUT2D eigenvalue weighted by atomic mass is 10.2. The molecule has 17 heavy (non-hydrogen) atoms. The summed E-state index contributed by atoms with van der Waals surface area (Å²) in [7, 11) is 1.36. The number of aliphatic carboxylic acids is 1. The summed E-state index contributed by atoms with van der Waals surface area (Å²) in [5.41, 5.74) is -0.396. The summed E-state index contributed by atoms with van der Waals surface area (Å²) in [6.45, 7) is 1.36. The van der Waals surface area contributed by atoms with Crippen molar-refractivity contribution in [3.8, 4) is 0 Å². The molecule has 7 heteroatoms. The Morgan fingerprint density at radius 3 is 2.65 bits per heavy atom. The molecule has 0 aliphatic rings. The fraction of sp³-hybridized carbons (Fsp3) is 0.300. The van der Waals surface area contributed by atoms with Crippen LogP contribution in [-0.2, 0) is 4.79 Å². The van der Waals surface area contributed by atoms with Crippen LogP contribution in [0.25, 0.3) is 0 Å². The molecular weight excluding hydrogens is 231 g/mol. The number of likely N-dealkylation sites (N-methyl/N-ethyl adjacent to an activating group) is 1. The highest BCUT2D eigenvalue weighted by Crippen LogP contribution is 2.29. The van der Waals surface area contributed by atoms with Crippen molar-refractivity contribution in [2.45, 2.75) is 13.0 Å². The van der Waals surface area contributed by atoms with E-state index in [0.29, 0.717) is 0 Å². The quantitative estimate of drug-likeness (QED) is 0.641. The minimum absolute atomic E-state index is 0.0649. The maximum atomic E-state index is 13.0. The zero-order chi connectivity index (χ0) is 13.2. The van der Waals surface area contributed by atoms with E-state index in [4.69, 9.17) is 5.11 Å². The first-order valence-electron chi connectivity index (χ1n) is 4.74. The number of rotatable bonds is 4. The molecule has 0 fully saturated rings. The smallest absolute Gasteiger partial charge is 0.326 e. The van der Waals surface area contributed by atoms with Gasteiger partial charge in [0.1, 0.15) is 17.5 Å². The van der Waals surface area contributed by atoms with Gasteiger partial charge in [0.25, 0.3) is 5.69 Å². The molecule has 0 aliphatic carbocycles. The lowest BCUT2D eigenvalue weighted by Crippen LogP contribution is -2.36. The number of anilines is 1. The zero-order valence-corrected chi connectivity index (χ0v) is 9.25. The minimum Gasteiger partial charge on any atom is -0.480 e. The van der Waals surface area contributed by atoms with Crippen LogP contribution in [0.5, 0.6) is 0 Å². The van der Waals surface area contributed by atoms with E-state index in [1.165, 1.54) is 14.0 Å². The van der Waals surface area contributed by atoms with Crippen molar-refractivity contribution in [1.29, 1.82) is 0 Å². The summed E-state index contributed by atoms with van der Waals surface area (Å²) in [5.74, 6) is -1.80. The number of nitrogens with zero attached hydrogens (tertiary/aromatic N) is 2. The number of nitro groups is 1. The van der Waals surface area contributed by atoms with Crippen LogP contribution in [0.15, 0.2) is 18.2 Å². The van der Waals surface area contributed by atoms with E-state index in [9.17, 15) is 19.3 Å². The second-order valence-corrected chi connectivity index (χ2v) is 3.52. The Kier molecular flexibility index (Phi) is 3.62. The number of benzene rings is 1. The van der Waals surface area contributed by atoms with E-state index in [1.807, 2.05) is 0 Å². The molecule has 0 bridgehead atoms. The first-order valence-corrected chi connectivity index (χ1v) is 4.74. The van der Waals surface area contributed by atoms with Gasteiger partial charge in [-0.25, -0.2) is 9.18 Å². The predicted octanol–water partition coefficient (Wildman–Crippen LogP) is 1.64. The Balaban J connectivity index is 3.23. The molecule has 92 valence electrons. The molecule has 0 spiro atoms. The van der Waals surface area contributed by atoms with Crippen molar-refractivity contribution in [3.63, 3.8) is 0 Å². The van der Waals surface area contributed by atoms with Gasteiger partial charge in [0.2, 0.25) is 0 Å². The molecular formula is C10H11FN2O4. The summed E-state index contributed by atoms with van der Waals surface area (Å²) in [5, 5.41) is 19.5. The lowest BCUT2D eigenvalue weighted by Gasteiger charge is -2.23. The summed E-state index contributed by atoms with van der Waals surface area (Å²) < 4.78 is 13.0. The van der Waals surface area contributed by atoms with Gasteiger partial charge >= 0.3 is 5.97 Å². The van der Waals surface area contributed by atoms with Crippen LogP contribution in [0.1, 0.15) is 6.92 Å². The van der Waals surface area contributed by atoms with Gasteiger partial charge in [-0.05, 0) is 13.0 Å². The maximum absolute atomic E-state index is 13.0. The highest BCUT2D eigenvalue weighted by molar-refractivity contribution is 5.79. The van der Waals surface area contributed by atoms with Gasteiger partial charge in [0.15, 0.2) is 0 Å².